The van der Waals surface area contributed by atoms with E-state index in [1.807, 2.05) is 0 Å². The van der Waals surface area contributed by atoms with E-state index in [1.165, 1.54) is 6.92 Å². The van der Waals surface area contributed by atoms with Gasteiger partial charge in [0.25, 0.3) is 0 Å². The SMILES string of the molecule is CC(=O)Oc1cc(O)c(N)c(O)c1. The second kappa shape index (κ2) is 3.22. The van der Waals surface area contributed by atoms with Crippen molar-refractivity contribution in [1.29, 1.82) is 0 Å². The Kier molecular flexibility index (Phi) is 2.27. The van der Waals surface area contributed by atoms with E-state index in [1.54, 1.807) is 0 Å². The number of rotatable bonds is 1. The van der Waals surface area contributed by atoms with Gasteiger partial charge in [0, 0.05) is 19.1 Å². The molecule has 5 nitrogen and oxygen atoms in total. The molecule has 0 saturated carbocycles. The number of nitrogen functional groups attached to an aromatic ring is 1. The van der Waals surface area contributed by atoms with E-state index in [4.69, 9.17) is 15.9 Å². The van der Waals surface area contributed by atoms with E-state index < -0.39 is 5.97 Å². The van der Waals surface area contributed by atoms with E-state index in [-0.39, 0.29) is 22.9 Å². The Balaban J connectivity index is 3.06. The molecule has 0 atom stereocenters. The second-order valence-electron chi connectivity index (χ2n) is 2.47. The van der Waals surface area contributed by atoms with Crippen LogP contribution in [0.15, 0.2) is 12.1 Å². The average molecular weight is 183 g/mol. The van der Waals surface area contributed by atoms with Crippen LogP contribution in [0.5, 0.6) is 17.2 Å². The van der Waals surface area contributed by atoms with Crippen molar-refractivity contribution in [1.82, 2.24) is 0 Å². The molecule has 1 aromatic rings. The van der Waals surface area contributed by atoms with Crippen molar-refractivity contribution in [3.8, 4) is 17.2 Å². The molecule has 1 rings (SSSR count). The third-order valence-electron chi connectivity index (χ3n) is 1.37. The van der Waals surface area contributed by atoms with Crippen LogP contribution >= 0.6 is 0 Å². The Morgan fingerprint density at radius 3 is 2.23 bits per heavy atom. The van der Waals surface area contributed by atoms with Gasteiger partial charge < -0.3 is 20.7 Å². The molecule has 70 valence electrons. The van der Waals surface area contributed by atoms with Crippen LogP contribution in [0.1, 0.15) is 6.92 Å². The summed E-state index contributed by atoms with van der Waals surface area (Å²) >= 11 is 0. The van der Waals surface area contributed by atoms with Crippen LogP contribution in [0.3, 0.4) is 0 Å². The Morgan fingerprint density at radius 2 is 1.85 bits per heavy atom. The standard InChI is InChI=1S/C8H9NO4/c1-4(10)13-5-2-6(11)8(9)7(12)3-5/h2-3,11-12H,9H2,1H3. The summed E-state index contributed by atoms with van der Waals surface area (Å²) in [4.78, 5) is 10.5. The van der Waals surface area contributed by atoms with Crippen molar-refractivity contribution >= 4 is 11.7 Å². The van der Waals surface area contributed by atoms with Gasteiger partial charge in [0.15, 0.2) is 0 Å². The Labute approximate surface area is 74.4 Å². The van der Waals surface area contributed by atoms with Crippen LogP contribution < -0.4 is 10.5 Å². The fourth-order valence-corrected chi connectivity index (χ4v) is 0.823. The number of esters is 1. The van der Waals surface area contributed by atoms with Crippen LogP contribution in [0.25, 0.3) is 0 Å². The maximum Gasteiger partial charge on any atom is 0.308 e. The molecule has 0 spiro atoms. The van der Waals surface area contributed by atoms with E-state index in [0.717, 1.165) is 12.1 Å². The molecule has 1 aromatic carbocycles. The van der Waals surface area contributed by atoms with Gasteiger partial charge in [-0.05, 0) is 0 Å². The van der Waals surface area contributed by atoms with Crippen molar-refractivity contribution in [2.45, 2.75) is 6.92 Å². The smallest absolute Gasteiger partial charge is 0.308 e. The second-order valence-corrected chi connectivity index (χ2v) is 2.47. The minimum Gasteiger partial charge on any atom is -0.506 e. The first-order valence-corrected chi connectivity index (χ1v) is 3.50. The van der Waals surface area contributed by atoms with Gasteiger partial charge in [-0.25, -0.2) is 0 Å². The quantitative estimate of drug-likeness (QED) is 0.256. The summed E-state index contributed by atoms with van der Waals surface area (Å²) in [6, 6.07) is 2.30. The third-order valence-corrected chi connectivity index (χ3v) is 1.37. The normalized spacial score (nSPS) is 9.62. The zero-order chi connectivity index (χ0) is 10.0. The number of phenols is 2. The van der Waals surface area contributed by atoms with Gasteiger partial charge in [0.2, 0.25) is 0 Å². The fourth-order valence-electron chi connectivity index (χ4n) is 0.823. The number of hydrogen-bond donors (Lipinski definition) is 3. The molecule has 5 heteroatoms. The molecular formula is C8H9NO4. The van der Waals surface area contributed by atoms with E-state index >= 15 is 0 Å². The molecule has 4 N–H and O–H groups in total. The summed E-state index contributed by atoms with van der Waals surface area (Å²) < 4.78 is 4.62. The molecule has 0 aliphatic heterocycles. The maximum atomic E-state index is 10.5. The molecule has 0 fully saturated rings. The number of ether oxygens (including phenoxy) is 1. The van der Waals surface area contributed by atoms with Gasteiger partial charge in [-0.3, -0.25) is 4.79 Å². The maximum absolute atomic E-state index is 10.5. The zero-order valence-corrected chi connectivity index (χ0v) is 6.94. The molecule has 0 radical (unpaired) electrons. The van der Waals surface area contributed by atoms with Gasteiger partial charge in [0.05, 0.1) is 0 Å². The molecular weight excluding hydrogens is 174 g/mol. The number of aromatic hydroxyl groups is 2. The lowest BCUT2D eigenvalue weighted by atomic mass is 10.2. The lowest BCUT2D eigenvalue weighted by molar-refractivity contribution is -0.131. The number of benzene rings is 1. The first-order chi connectivity index (χ1) is 6.00. The Hall–Kier alpha value is -1.91. The number of phenolic OH excluding ortho intramolecular Hbond substituents is 2. The van der Waals surface area contributed by atoms with Gasteiger partial charge in [-0.2, -0.15) is 0 Å². The molecule has 0 saturated heterocycles. The minimum absolute atomic E-state index is 0.0525. The first kappa shape index (κ1) is 9.18. The van der Waals surface area contributed by atoms with Crippen LogP contribution in [0.2, 0.25) is 0 Å². The van der Waals surface area contributed by atoms with Crippen molar-refractivity contribution in [3.63, 3.8) is 0 Å². The lowest BCUT2D eigenvalue weighted by Gasteiger charge is -2.05. The molecule has 0 unspecified atom stereocenters. The Bertz CT molecular complexity index is 325. The first-order valence-electron chi connectivity index (χ1n) is 3.50. The highest BCUT2D eigenvalue weighted by Gasteiger charge is 2.07. The van der Waals surface area contributed by atoms with E-state index in [0.29, 0.717) is 0 Å². The summed E-state index contributed by atoms with van der Waals surface area (Å²) in [5.74, 6) is -1.13. The Morgan fingerprint density at radius 1 is 1.38 bits per heavy atom. The minimum atomic E-state index is -0.538. The molecule has 0 aromatic heterocycles. The number of carbonyl (C=O) groups is 1. The van der Waals surface area contributed by atoms with Crippen LogP contribution in [0, 0.1) is 0 Å². The van der Waals surface area contributed by atoms with Crippen molar-refractivity contribution in [2.75, 3.05) is 5.73 Å². The topological polar surface area (TPSA) is 92.8 Å². The zero-order valence-electron chi connectivity index (χ0n) is 6.94. The summed E-state index contributed by atoms with van der Waals surface area (Å²) in [6.45, 7) is 1.21. The predicted molar refractivity (Wildman–Crippen MR) is 45.5 cm³/mol. The monoisotopic (exact) mass is 183 g/mol. The highest BCUT2D eigenvalue weighted by atomic mass is 16.5. The lowest BCUT2D eigenvalue weighted by Crippen LogP contribution is -2.01. The molecule has 0 aliphatic carbocycles. The summed E-state index contributed by atoms with van der Waals surface area (Å²) in [6.07, 6.45) is 0. The predicted octanol–water partition coefficient (Wildman–Crippen LogP) is 0.605. The van der Waals surface area contributed by atoms with Crippen LogP contribution in [-0.4, -0.2) is 16.2 Å². The number of carbonyl (C=O) groups excluding carboxylic acids is 1. The van der Waals surface area contributed by atoms with Gasteiger partial charge in [0.1, 0.15) is 22.9 Å². The van der Waals surface area contributed by atoms with Crippen molar-refractivity contribution in [3.05, 3.63) is 12.1 Å². The summed E-state index contributed by atoms with van der Waals surface area (Å²) in [5, 5.41) is 18.2. The summed E-state index contributed by atoms with van der Waals surface area (Å²) in [5.41, 5.74) is 5.10. The average Bonchev–Trinajstić information content (AvgIpc) is 1.98. The molecule has 0 aliphatic rings. The third kappa shape index (κ3) is 2.02. The van der Waals surface area contributed by atoms with Crippen molar-refractivity contribution < 1.29 is 19.7 Å². The fraction of sp³-hybridized carbons (Fsp3) is 0.125. The van der Waals surface area contributed by atoms with E-state index in [2.05, 4.69) is 4.74 Å². The van der Waals surface area contributed by atoms with Gasteiger partial charge in [-0.1, -0.05) is 0 Å². The van der Waals surface area contributed by atoms with Gasteiger partial charge in [-0.15, -0.1) is 0 Å². The van der Waals surface area contributed by atoms with Crippen LogP contribution in [-0.2, 0) is 4.79 Å². The van der Waals surface area contributed by atoms with Gasteiger partial charge >= 0.3 is 5.97 Å². The highest BCUT2D eigenvalue weighted by Crippen LogP contribution is 2.34. The molecule has 0 bridgehead atoms. The van der Waals surface area contributed by atoms with Crippen LogP contribution in [0.4, 0.5) is 5.69 Å². The largest absolute Gasteiger partial charge is 0.506 e. The molecule has 0 amide bonds. The summed E-state index contributed by atoms with van der Waals surface area (Å²) in [7, 11) is 0. The highest BCUT2D eigenvalue weighted by molar-refractivity contribution is 5.71. The van der Waals surface area contributed by atoms with Crippen molar-refractivity contribution in [2.24, 2.45) is 0 Å². The molecule has 13 heavy (non-hydrogen) atoms. The van der Waals surface area contributed by atoms with E-state index in [9.17, 15) is 4.79 Å². The number of hydrogen-bond acceptors (Lipinski definition) is 5. The molecule has 0 heterocycles. The number of nitrogens with two attached hydrogens (primary N) is 1. The number of anilines is 1.